The second-order valence-corrected chi connectivity index (χ2v) is 13.2. The summed E-state index contributed by atoms with van der Waals surface area (Å²) in [7, 11) is 0. The van der Waals surface area contributed by atoms with E-state index in [0.29, 0.717) is 0 Å². The molecule has 0 N–H and O–H groups in total. The van der Waals surface area contributed by atoms with Crippen LogP contribution < -0.4 is 0 Å². The molecule has 5 rings (SSSR count). The van der Waals surface area contributed by atoms with Gasteiger partial charge in [0.05, 0.1) is 0 Å². The average Bonchev–Trinajstić information content (AvgIpc) is 2.58. The van der Waals surface area contributed by atoms with E-state index < -0.39 is 0 Å². The Labute approximate surface area is 227 Å². The molecule has 0 aliphatic heterocycles. The van der Waals surface area contributed by atoms with Crippen molar-refractivity contribution >= 4 is 171 Å². The first kappa shape index (κ1) is 21.1. The third-order valence-electron chi connectivity index (χ3n) is 4.92. The molecule has 0 amide bonds. The fourth-order valence-corrected chi connectivity index (χ4v) is 10.8. The molecule has 0 aliphatic rings. The fourth-order valence-electron chi connectivity index (χ4n) is 3.93. The van der Waals surface area contributed by atoms with Crippen LogP contribution in [-0.2, 0) is 0 Å². The van der Waals surface area contributed by atoms with Crippen LogP contribution in [0, 0.1) is 0 Å². The summed E-state index contributed by atoms with van der Waals surface area (Å²) in [4.78, 5) is 0. The van der Waals surface area contributed by atoms with Crippen LogP contribution in [0.3, 0.4) is 0 Å². The fraction of sp³-hybridized carbons (Fsp3) is 0. The highest BCUT2D eigenvalue weighted by Gasteiger charge is 2.24. The Morgan fingerprint density at radius 2 is 0.429 bits per heavy atom. The molecule has 0 nitrogen and oxygen atoms in total. The lowest BCUT2D eigenvalue weighted by molar-refractivity contribution is 1.64. The van der Waals surface area contributed by atoms with Gasteiger partial charge in [0.15, 0.2) is 0 Å². The first-order valence-corrected chi connectivity index (χ1v) is 14.2. The number of halogens is 8. The van der Waals surface area contributed by atoms with E-state index in [4.69, 9.17) is 0 Å². The minimum atomic E-state index is 1.04. The minimum absolute atomic E-state index is 1.04. The van der Waals surface area contributed by atoms with Crippen molar-refractivity contribution in [2.45, 2.75) is 0 Å². The van der Waals surface area contributed by atoms with Crippen molar-refractivity contribution in [2.24, 2.45) is 0 Å². The number of fused-ring (bicyclic) bond motifs is 2. The topological polar surface area (TPSA) is 0 Å². The molecule has 0 saturated heterocycles. The number of benzene rings is 5. The van der Waals surface area contributed by atoms with Crippen LogP contribution in [0.1, 0.15) is 0 Å². The molecule has 140 valence electrons. The summed E-state index contributed by atoms with van der Waals surface area (Å²) in [5.41, 5.74) is 0. The SMILES string of the molecule is Brc1cc(Br)c2c3c(Br)cc(Br)c4c(Br)cc(Br)c(c5c(Br)cc(Br)c1c25)c43. The zero-order valence-corrected chi connectivity index (χ0v) is 26.0. The van der Waals surface area contributed by atoms with Gasteiger partial charge in [-0.1, -0.05) is 127 Å². The molecule has 0 atom stereocenters. The quantitative estimate of drug-likeness (QED) is 0.107. The Hall–Kier alpha value is 1.24. The molecule has 0 radical (unpaired) electrons. The second-order valence-electron chi connectivity index (χ2n) is 6.36. The second kappa shape index (κ2) is 7.39. The predicted octanol–water partition coefficient (Wildman–Crippen LogP) is 11.8. The van der Waals surface area contributed by atoms with Gasteiger partial charge in [-0.05, 0) is 24.3 Å². The van der Waals surface area contributed by atoms with Gasteiger partial charge in [-0.15, -0.1) is 0 Å². The van der Waals surface area contributed by atoms with E-state index in [0.717, 1.165) is 46.6 Å². The van der Waals surface area contributed by atoms with E-state index in [1.165, 1.54) is 32.3 Å². The molecule has 0 spiro atoms. The van der Waals surface area contributed by atoms with E-state index in [2.05, 4.69) is 152 Å². The smallest absolute Gasteiger partial charge is 0.0276 e. The first-order valence-electron chi connectivity index (χ1n) is 7.82. The normalized spacial score (nSPS) is 12.3. The van der Waals surface area contributed by atoms with E-state index in [9.17, 15) is 0 Å². The van der Waals surface area contributed by atoms with E-state index >= 15 is 0 Å². The zero-order valence-electron chi connectivity index (χ0n) is 13.3. The minimum Gasteiger partial charge on any atom is -0.0501 e. The monoisotopic (exact) mass is 875 g/mol. The molecule has 0 bridgehead atoms. The lowest BCUT2D eigenvalue weighted by Crippen LogP contribution is -1.93. The van der Waals surface area contributed by atoms with Gasteiger partial charge >= 0.3 is 0 Å². The Morgan fingerprint density at radius 3 is 0.643 bits per heavy atom. The van der Waals surface area contributed by atoms with E-state index in [1.54, 1.807) is 0 Å². The molecular formula is C20H4Br8. The van der Waals surface area contributed by atoms with Gasteiger partial charge in [-0.2, -0.15) is 0 Å². The maximum absolute atomic E-state index is 3.84. The first-order chi connectivity index (χ1) is 13.2. The van der Waals surface area contributed by atoms with Crippen molar-refractivity contribution in [2.75, 3.05) is 0 Å². The highest BCUT2D eigenvalue weighted by molar-refractivity contribution is 9.12. The molecule has 28 heavy (non-hydrogen) atoms. The van der Waals surface area contributed by atoms with Crippen molar-refractivity contribution in [1.29, 1.82) is 0 Å². The van der Waals surface area contributed by atoms with Crippen molar-refractivity contribution in [3.05, 3.63) is 60.0 Å². The van der Waals surface area contributed by atoms with Crippen LogP contribution in [-0.4, -0.2) is 0 Å². The highest BCUT2D eigenvalue weighted by Crippen LogP contribution is 2.54. The largest absolute Gasteiger partial charge is 0.0501 e. The zero-order chi connectivity index (χ0) is 20.1. The Balaban J connectivity index is 2.38. The summed E-state index contributed by atoms with van der Waals surface area (Å²) in [6.45, 7) is 0. The van der Waals surface area contributed by atoms with E-state index in [1.807, 2.05) is 0 Å². The summed E-state index contributed by atoms with van der Waals surface area (Å²) in [5.74, 6) is 0. The molecule has 0 fully saturated rings. The Morgan fingerprint density at radius 1 is 0.250 bits per heavy atom. The van der Waals surface area contributed by atoms with Crippen molar-refractivity contribution in [3.63, 3.8) is 0 Å². The van der Waals surface area contributed by atoms with Gasteiger partial charge in [-0.3, -0.25) is 0 Å². The van der Waals surface area contributed by atoms with Crippen LogP contribution in [0.25, 0.3) is 43.1 Å². The van der Waals surface area contributed by atoms with Crippen LogP contribution in [0.4, 0.5) is 0 Å². The number of rotatable bonds is 0. The summed E-state index contributed by atoms with van der Waals surface area (Å²) in [6.07, 6.45) is 0. The van der Waals surface area contributed by atoms with Gasteiger partial charge < -0.3 is 0 Å². The molecule has 0 aromatic heterocycles. The average molecular weight is 883 g/mol. The number of hydrogen-bond donors (Lipinski definition) is 0. The van der Waals surface area contributed by atoms with Crippen LogP contribution >= 0.6 is 127 Å². The Kier molecular flexibility index (Phi) is 5.57. The molecule has 8 heteroatoms. The highest BCUT2D eigenvalue weighted by atomic mass is 79.9. The molecule has 5 aromatic carbocycles. The summed E-state index contributed by atoms with van der Waals surface area (Å²) in [5, 5.41) is 9.41. The summed E-state index contributed by atoms with van der Waals surface area (Å²) < 4.78 is 8.35. The maximum atomic E-state index is 3.84. The molecule has 5 aromatic rings. The van der Waals surface area contributed by atoms with Gasteiger partial charge in [0, 0.05) is 78.9 Å². The van der Waals surface area contributed by atoms with Crippen molar-refractivity contribution < 1.29 is 0 Å². The van der Waals surface area contributed by atoms with Crippen molar-refractivity contribution in [1.82, 2.24) is 0 Å². The van der Waals surface area contributed by atoms with Crippen LogP contribution in [0.5, 0.6) is 0 Å². The van der Waals surface area contributed by atoms with E-state index in [-0.39, 0.29) is 0 Å². The van der Waals surface area contributed by atoms with Gasteiger partial charge in [0.1, 0.15) is 0 Å². The van der Waals surface area contributed by atoms with Crippen LogP contribution in [0.2, 0.25) is 0 Å². The van der Waals surface area contributed by atoms with Gasteiger partial charge in [-0.25, -0.2) is 0 Å². The number of hydrogen-bond acceptors (Lipinski definition) is 0. The maximum Gasteiger partial charge on any atom is 0.0276 e. The van der Waals surface area contributed by atoms with Crippen LogP contribution in [0.15, 0.2) is 60.0 Å². The van der Waals surface area contributed by atoms with Crippen molar-refractivity contribution in [3.8, 4) is 0 Å². The molecular weight excluding hydrogens is 879 g/mol. The lowest BCUT2D eigenvalue weighted by atomic mass is 9.90. The predicted molar refractivity (Wildman–Crippen MR) is 149 cm³/mol. The summed E-state index contributed by atoms with van der Waals surface area (Å²) >= 11 is 30.4. The lowest BCUT2D eigenvalue weighted by Gasteiger charge is -2.21. The molecule has 0 saturated carbocycles. The molecule has 0 heterocycles. The third kappa shape index (κ3) is 2.84. The third-order valence-corrected chi connectivity index (χ3v) is 9.93. The summed E-state index contributed by atoms with van der Waals surface area (Å²) in [6, 6.07) is 8.49. The van der Waals surface area contributed by atoms with Gasteiger partial charge in [0.25, 0.3) is 0 Å². The standard InChI is InChI=1S/C20H4Br8/c21-5-1-9(25)15-16-10(26)3-7(23)14-8(24)4-12(28)18(20(14)16)17-11(27)2-6(22)13(5)19(15)17/h1-4H. The Bertz CT molecular complexity index is 1270. The molecule has 0 aliphatic carbocycles. The molecule has 0 unspecified atom stereocenters. The van der Waals surface area contributed by atoms with Gasteiger partial charge in [0.2, 0.25) is 0 Å².